The molecule has 2 fully saturated rings. The lowest BCUT2D eigenvalue weighted by molar-refractivity contribution is -0.120. The summed E-state index contributed by atoms with van der Waals surface area (Å²) >= 11 is 0. The van der Waals surface area contributed by atoms with Gasteiger partial charge in [-0.05, 0) is 24.8 Å². The fourth-order valence-corrected chi connectivity index (χ4v) is 3.81. The summed E-state index contributed by atoms with van der Waals surface area (Å²) in [6.07, 6.45) is 2.72. The van der Waals surface area contributed by atoms with E-state index >= 15 is 0 Å². The van der Waals surface area contributed by atoms with Crippen molar-refractivity contribution in [3.63, 3.8) is 0 Å². The third-order valence-corrected chi connectivity index (χ3v) is 5.35. The van der Waals surface area contributed by atoms with Crippen molar-refractivity contribution in [3.8, 4) is 0 Å². The molecule has 2 N–H and O–H groups in total. The van der Waals surface area contributed by atoms with E-state index in [1.54, 1.807) is 0 Å². The summed E-state index contributed by atoms with van der Waals surface area (Å²) in [7, 11) is 0. The predicted molar refractivity (Wildman–Crippen MR) is 98.5 cm³/mol. The maximum Gasteiger partial charge on any atom is 0.259 e. The maximum atomic E-state index is 12.6. The maximum absolute atomic E-state index is 12.6. The summed E-state index contributed by atoms with van der Waals surface area (Å²) < 4.78 is 0. The van der Waals surface area contributed by atoms with Crippen LogP contribution < -0.4 is 5.73 Å². The molecule has 0 spiro atoms. The second-order valence-electron chi connectivity index (χ2n) is 7.20. The third kappa shape index (κ3) is 3.65. The molecular formula is C19H25N5O. The van der Waals surface area contributed by atoms with Crippen molar-refractivity contribution in [1.29, 1.82) is 0 Å². The van der Waals surface area contributed by atoms with E-state index in [4.69, 9.17) is 10.7 Å². The first kappa shape index (κ1) is 16.4. The molecule has 0 aliphatic carbocycles. The fourth-order valence-electron chi connectivity index (χ4n) is 3.81. The van der Waals surface area contributed by atoms with Gasteiger partial charge in [0.2, 0.25) is 5.96 Å². The standard InChI is InChI=1S/C19H25N5O/c20-15-6-10-24(11-7-15)19-21-17-8-9-23(13-16(17)18(25)22-19)12-14-4-2-1-3-5-14/h1-5,15-16H,6-13,20H2. The summed E-state index contributed by atoms with van der Waals surface area (Å²) in [6.45, 7) is 4.21. The highest BCUT2D eigenvalue weighted by Crippen LogP contribution is 2.23. The zero-order chi connectivity index (χ0) is 17.2. The number of carbonyl (C=O) groups excluding carboxylic acids is 1. The van der Waals surface area contributed by atoms with Crippen molar-refractivity contribution in [3.05, 3.63) is 35.9 Å². The van der Waals surface area contributed by atoms with Crippen LogP contribution in [0.1, 0.15) is 24.8 Å². The van der Waals surface area contributed by atoms with Crippen LogP contribution in [0.5, 0.6) is 0 Å². The van der Waals surface area contributed by atoms with Gasteiger partial charge in [0.1, 0.15) is 0 Å². The van der Waals surface area contributed by atoms with Crippen molar-refractivity contribution >= 4 is 17.6 Å². The SMILES string of the molecule is NC1CCN(C2=NC(=O)C3CN(Cc4ccccc4)CCC3=N2)CC1. The van der Waals surface area contributed by atoms with Gasteiger partial charge in [-0.2, -0.15) is 4.99 Å². The highest BCUT2D eigenvalue weighted by molar-refractivity contribution is 6.16. The van der Waals surface area contributed by atoms with Gasteiger partial charge < -0.3 is 10.6 Å². The molecule has 4 rings (SSSR count). The highest BCUT2D eigenvalue weighted by atomic mass is 16.1. The zero-order valence-electron chi connectivity index (χ0n) is 14.5. The smallest absolute Gasteiger partial charge is 0.259 e. The Morgan fingerprint density at radius 1 is 1.08 bits per heavy atom. The van der Waals surface area contributed by atoms with Gasteiger partial charge >= 0.3 is 0 Å². The Hall–Kier alpha value is -2.05. The van der Waals surface area contributed by atoms with Crippen LogP contribution in [-0.4, -0.2) is 59.6 Å². The second kappa shape index (κ2) is 7.06. The second-order valence-corrected chi connectivity index (χ2v) is 7.20. The lowest BCUT2D eigenvalue weighted by Crippen LogP contribution is -2.48. The molecule has 3 aliphatic heterocycles. The van der Waals surface area contributed by atoms with E-state index in [0.29, 0.717) is 12.5 Å². The normalized spacial score (nSPS) is 25.4. The van der Waals surface area contributed by atoms with E-state index < -0.39 is 0 Å². The Labute approximate surface area is 148 Å². The van der Waals surface area contributed by atoms with Crippen LogP contribution in [0.2, 0.25) is 0 Å². The molecule has 6 nitrogen and oxygen atoms in total. The van der Waals surface area contributed by atoms with E-state index in [-0.39, 0.29) is 17.9 Å². The first-order chi connectivity index (χ1) is 12.2. The first-order valence-corrected chi connectivity index (χ1v) is 9.16. The number of guanidine groups is 1. The number of piperidine rings is 2. The molecule has 1 unspecified atom stereocenters. The minimum Gasteiger partial charge on any atom is -0.341 e. The van der Waals surface area contributed by atoms with E-state index in [1.807, 2.05) is 6.07 Å². The molecule has 3 aliphatic rings. The molecular weight excluding hydrogens is 314 g/mol. The molecule has 132 valence electrons. The molecule has 1 amide bonds. The summed E-state index contributed by atoms with van der Waals surface area (Å²) in [5.41, 5.74) is 8.25. The zero-order valence-corrected chi connectivity index (χ0v) is 14.5. The van der Waals surface area contributed by atoms with E-state index in [1.165, 1.54) is 5.56 Å². The van der Waals surface area contributed by atoms with Crippen molar-refractivity contribution < 1.29 is 4.79 Å². The molecule has 0 aromatic heterocycles. The first-order valence-electron chi connectivity index (χ1n) is 9.16. The monoisotopic (exact) mass is 339 g/mol. The van der Waals surface area contributed by atoms with Crippen LogP contribution in [-0.2, 0) is 11.3 Å². The van der Waals surface area contributed by atoms with Crippen molar-refractivity contribution in [2.24, 2.45) is 21.6 Å². The van der Waals surface area contributed by atoms with Crippen LogP contribution in [0.25, 0.3) is 0 Å². The molecule has 2 saturated heterocycles. The molecule has 0 saturated carbocycles. The molecule has 0 radical (unpaired) electrons. The Balaban J connectivity index is 1.42. The predicted octanol–water partition coefficient (Wildman–Crippen LogP) is 1.27. The van der Waals surface area contributed by atoms with Crippen LogP contribution in [0.4, 0.5) is 0 Å². The number of nitrogens with two attached hydrogens (primary N) is 1. The number of carbonyl (C=O) groups is 1. The van der Waals surface area contributed by atoms with Crippen molar-refractivity contribution in [2.75, 3.05) is 26.2 Å². The van der Waals surface area contributed by atoms with Crippen LogP contribution in [0.15, 0.2) is 40.3 Å². The lowest BCUT2D eigenvalue weighted by atomic mass is 9.93. The Bertz CT molecular complexity index is 691. The minimum absolute atomic E-state index is 0.0346. The Kier molecular flexibility index (Phi) is 4.63. The van der Waals surface area contributed by atoms with Gasteiger partial charge in [-0.3, -0.25) is 9.69 Å². The van der Waals surface area contributed by atoms with E-state index in [9.17, 15) is 4.79 Å². The summed E-state index contributed by atoms with van der Waals surface area (Å²) in [5.74, 6) is 0.403. The lowest BCUT2D eigenvalue weighted by Gasteiger charge is -2.36. The number of nitrogens with zero attached hydrogens (tertiary/aromatic N) is 4. The van der Waals surface area contributed by atoms with Crippen LogP contribution in [0, 0.1) is 5.92 Å². The molecule has 6 heteroatoms. The molecule has 1 aromatic carbocycles. The third-order valence-electron chi connectivity index (χ3n) is 5.35. The fraction of sp³-hybridized carbons (Fsp3) is 0.526. The van der Waals surface area contributed by atoms with Gasteiger partial charge in [0.15, 0.2) is 0 Å². The molecule has 1 aromatic rings. The van der Waals surface area contributed by atoms with Gasteiger partial charge in [0, 0.05) is 44.5 Å². The average molecular weight is 339 g/mol. The van der Waals surface area contributed by atoms with Gasteiger partial charge in [-0.25, -0.2) is 4.99 Å². The summed E-state index contributed by atoms with van der Waals surface area (Å²) in [5, 5.41) is 0. The number of likely N-dealkylation sites (tertiary alicyclic amines) is 2. The van der Waals surface area contributed by atoms with Crippen LogP contribution >= 0.6 is 0 Å². The molecule has 0 bridgehead atoms. The number of benzene rings is 1. The highest BCUT2D eigenvalue weighted by Gasteiger charge is 2.35. The number of fused-ring (bicyclic) bond motifs is 1. The molecule has 1 atom stereocenters. The number of rotatable bonds is 2. The number of hydrogen-bond acceptors (Lipinski definition) is 5. The topological polar surface area (TPSA) is 74.3 Å². The van der Waals surface area contributed by atoms with Gasteiger partial charge in [0.05, 0.1) is 5.92 Å². The van der Waals surface area contributed by atoms with Gasteiger partial charge in [-0.15, -0.1) is 0 Å². The van der Waals surface area contributed by atoms with E-state index in [2.05, 4.69) is 39.1 Å². The quantitative estimate of drug-likeness (QED) is 0.880. The van der Waals surface area contributed by atoms with Gasteiger partial charge in [-0.1, -0.05) is 30.3 Å². The van der Waals surface area contributed by atoms with Gasteiger partial charge in [0.25, 0.3) is 5.91 Å². The average Bonchev–Trinajstić information content (AvgIpc) is 2.63. The van der Waals surface area contributed by atoms with Crippen molar-refractivity contribution in [1.82, 2.24) is 9.80 Å². The minimum atomic E-state index is -0.173. The molecule has 3 heterocycles. The summed E-state index contributed by atoms with van der Waals surface area (Å²) in [4.78, 5) is 26.1. The number of aliphatic imine (C=N–C) groups is 2. The van der Waals surface area contributed by atoms with E-state index in [0.717, 1.165) is 51.2 Å². The van der Waals surface area contributed by atoms with Crippen molar-refractivity contribution in [2.45, 2.75) is 31.8 Å². The van der Waals surface area contributed by atoms with Crippen LogP contribution in [0.3, 0.4) is 0 Å². The number of hydrogen-bond donors (Lipinski definition) is 1. The number of amides is 1. The Morgan fingerprint density at radius 3 is 2.60 bits per heavy atom. The largest absolute Gasteiger partial charge is 0.341 e. The summed E-state index contributed by atoms with van der Waals surface area (Å²) in [6, 6.07) is 10.7. The molecule has 25 heavy (non-hydrogen) atoms. The Morgan fingerprint density at radius 2 is 1.84 bits per heavy atom.